The molecule has 0 aliphatic carbocycles. The van der Waals surface area contributed by atoms with Crippen molar-refractivity contribution in [2.75, 3.05) is 26.2 Å². The highest BCUT2D eigenvalue weighted by Crippen LogP contribution is 2.23. The Labute approximate surface area is 108 Å². The Hall–Kier alpha value is -0.120. The zero-order valence-electron chi connectivity index (χ0n) is 12.8. The molecule has 0 spiro atoms. The van der Waals surface area contributed by atoms with E-state index in [1.54, 1.807) is 0 Å². The number of nitrogens with zero attached hydrogens (tertiary/aromatic N) is 1. The summed E-state index contributed by atoms with van der Waals surface area (Å²) in [6.45, 7) is 18.6. The molecule has 1 atom stereocenters. The first-order valence-electron chi connectivity index (χ1n) is 6.80. The first-order chi connectivity index (χ1) is 7.62. The van der Waals surface area contributed by atoms with Gasteiger partial charge in [0.05, 0.1) is 5.60 Å². The number of hydrogen-bond donors (Lipinski definition) is 2. The van der Waals surface area contributed by atoms with Gasteiger partial charge in [-0.1, -0.05) is 27.7 Å². The first-order valence-corrected chi connectivity index (χ1v) is 6.80. The van der Waals surface area contributed by atoms with Gasteiger partial charge in [-0.05, 0) is 39.3 Å². The molecule has 0 saturated heterocycles. The second-order valence-electron chi connectivity index (χ2n) is 6.38. The summed E-state index contributed by atoms with van der Waals surface area (Å²) in [7, 11) is 0. The molecule has 0 saturated carbocycles. The number of hydrogen-bond acceptors (Lipinski definition) is 3. The first kappa shape index (κ1) is 16.9. The average molecular weight is 244 g/mol. The van der Waals surface area contributed by atoms with E-state index >= 15 is 0 Å². The summed E-state index contributed by atoms with van der Waals surface area (Å²) in [4.78, 5) is 2.33. The summed E-state index contributed by atoms with van der Waals surface area (Å²) in [6, 6.07) is 0.475. The number of rotatable bonds is 8. The van der Waals surface area contributed by atoms with Crippen LogP contribution in [0.3, 0.4) is 0 Å². The summed E-state index contributed by atoms with van der Waals surface area (Å²) in [5.74, 6) is 0. The molecule has 0 rings (SSSR count). The van der Waals surface area contributed by atoms with Crippen molar-refractivity contribution in [1.82, 2.24) is 10.2 Å². The van der Waals surface area contributed by atoms with Crippen molar-refractivity contribution in [3.8, 4) is 0 Å². The van der Waals surface area contributed by atoms with Crippen LogP contribution in [0, 0.1) is 5.41 Å². The van der Waals surface area contributed by atoms with Gasteiger partial charge in [0.25, 0.3) is 0 Å². The quantitative estimate of drug-likeness (QED) is 0.686. The van der Waals surface area contributed by atoms with E-state index in [1.165, 1.54) is 0 Å². The Bertz CT molecular complexity index is 209. The molecule has 3 nitrogen and oxygen atoms in total. The van der Waals surface area contributed by atoms with Crippen molar-refractivity contribution in [3.05, 3.63) is 0 Å². The Morgan fingerprint density at radius 3 is 2.00 bits per heavy atom. The molecule has 3 heteroatoms. The van der Waals surface area contributed by atoms with Crippen LogP contribution in [0.5, 0.6) is 0 Å². The van der Waals surface area contributed by atoms with Crippen molar-refractivity contribution in [2.24, 2.45) is 5.41 Å². The molecule has 0 radical (unpaired) electrons. The summed E-state index contributed by atoms with van der Waals surface area (Å²) < 4.78 is 0. The van der Waals surface area contributed by atoms with E-state index in [0.717, 1.165) is 26.2 Å². The molecule has 0 fully saturated rings. The second kappa shape index (κ2) is 6.72. The SMILES string of the molecule is CCNC(C)C(C)(C)CN(CC)CC(C)(C)O. The number of likely N-dealkylation sites (N-methyl/N-ethyl adjacent to an activating group) is 1. The minimum Gasteiger partial charge on any atom is -0.389 e. The van der Waals surface area contributed by atoms with Crippen molar-refractivity contribution < 1.29 is 5.11 Å². The fourth-order valence-corrected chi connectivity index (χ4v) is 2.12. The molecule has 0 aromatic heterocycles. The van der Waals surface area contributed by atoms with Crippen LogP contribution in [-0.2, 0) is 0 Å². The molecule has 0 bridgehead atoms. The van der Waals surface area contributed by atoms with Gasteiger partial charge in [-0.15, -0.1) is 0 Å². The maximum absolute atomic E-state index is 9.90. The normalized spacial score (nSPS) is 15.4. The van der Waals surface area contributed by atoms with Gasteiger partial charge < -0.3 is 15.3 Å². The average Bonchev–Trinajstić information content (AvgIpc) is 2.14. The third kappa shape index (κ3) is 7.02. The second-order valence-corrected chi connectivity index (χ2v) is 6.38. The summed E-state index contributed by atoms with van der Waals surface area (Å²) >= 11 is 0. The maximum Gasteiger partial charge on any atom is 0.0718 e. The van der Waals surface area contributed by atoms with Crippen molar-refractivity contribution in [3.63, 3.8) is 0 Å². The lowest BCUT2D eigenvalue weighted by Crippen LogP contribution is -2.49. The maximum atomic E-state index is 9.90. The van der Waals surface area contributed by atoms with E-state index in [-0.39, 0.29) is 5.41 Å². The van der Waals surface area contributed by atoms with E-state index in [2.05, 4.69) is 44.8 Å². The van der Waals surface area contributed by atoms with E-state index in [1.807, 2.05) is 13.8 Å². The van der Waals surface area contributed by atoms with Crippen molar-refractivity contribution in [1.29, 1.82) is 0 Å². The minimum absolute atomic E-state index is 0.206. The Kier molecular flexibility index (Phi) is 6.67. The molecular weight excluding hydrogens is 212 g/mol. The topological polar surface area (TPSA) is 35.5 Å². The highest BCUT2D eigenvalue weighted by molar-refractivity contribution is 4.85. The molecule has 0 heterocycles. The third-order valence-corrected chi connectivity index (χ3v) is 3.37. The van der Waals surface area contributed by atoms with Gasteiger partial charge in [-0.3, -0.25) is 0 Å². The standard InChI is InChI=1S/C14H32N2O/c1-8-15-12(3)13(4,5)10-16(9-2)11-14(6,7)17/h12,15,17H,8-11H2,1-7H3. The molecule has 0 amide bonds. The molecule has 2 N–H and O–H groups in total. The Morgan fingerprint density at radius 1 is 1.12 bits per heavy atom. The monoisotopic (exact) mass is 244 g/mol. The fourth-order valence-electron chi connectivity index (χ4n) is 2.12. The molecule has 0 aromatic carbocycles. The third-order valence-electron chi connectivity index (χ3n) is 3.37. The highest BCUT2D eigenvalue weighted by Gasteiger charge is 2.29. The molecule has 1 unspecified atom stereocenters. The van der Waals surface area contributed by atoms with Gasteiger partial charge in [0, 0.05) is 19.1 Å². The van der Waals surface area contributed by atoms with E-state index < -0.39 is 5.60 Å². The van der Waals surface area contributed by atoms with Crippen LogP contribution < -0.4 is 5.32 Å². The number of nitrogens with one attached hydrogen (secondary N) is 1. The summed E-state index contributed by atoms with van der Waals surface area (Å²) in [5.41, 5.74) is -0.412. The molecule has 17 heavy (non-hydrogen) atoms. The lowest BCUT2D eigenvalue weighted by Gasteiger charge is -2.39. The Morgan fingerprint density at radius 2 is 1.65 bits per heavy atom. The van der Waals surface area contributed by atoms with E-state index in [4.69, 9.17) is 0 Å². The fraction of sp³-hybridized carbons (Fsp3) is 1.00. The van der Waals surface area contributed by atoms with Crippen LogP contribution in [0.4, 0.5) is 0 Å². The Balaban J connectivity index is 4.44. The zero-order chi connectivity index (χ0) is 13.7. The van der Waals surface area contributed by atoms with Crippen molar-refractivity contribution >= 4 is 0 Å². The predicted molar refractivity (Wildman–Crippen MR) is 75.3 cm³/mol. The van der Waals surface area contributed by atoms with Gasteiger partial charge in [-0.2, -0.15) is 0 Å². The minimum atomic E-state index is -0.618. The van der Waals surface area contributed by atoms with E-state index in [0.29, 0.717) is 6.04 Å². The van der Waals surface area contributed by atoms with Gasteiger partial charge in [0.15, 0.2) is 0 Å². The lowest BCUT2D eigenvalue weighted by molar-refractivity contribution is 0.0219. The predicted octanol–water partition coefficient (Wildman–Crippen LogP) is 2.10. The van der Waals surface area contributed by atoms with Crippen LogP contribution >= 0.6 is 0 Å². The van der Waals surface area contributed by atoms with Crippen LogP contribution in [0.15, 0.2) is 0 Å². The highest BCUT2D eigenvalue weighted by atomic mass is 16.3. The van der Waals surface area contributed by atoms with Gasteiger partial charge in [0.1, 0.15) is 0 Å². The summed E-state index contributed by atoms with van der Waals surface area (Å²) in [6.07, 6.45) is 0. The van der Waals surface area contributed by atoms with Crippen LogP contribution in [-0.4, -0.2) is 47.8 Å². The molecule has 0 aliphatic rings. The zero-order valence-corrected chi connectivity index (χ0v) is 12.8. The molecular formula is C14H32N2O. The van der Waals surface area contributed by atoms with E-state index in [9.17, 15) is 5.11 Å². The van der Waals surface area contributed by atoms with Gasteiger partial charge >= 0.3 is 0 Å². The number of aliphatic hydroxyl groups is 1. The van der Waals surface area contributed by atoms with Gasteiger partial charge in [0.2, 0.25) is 0 Å². The molecule has 0 aliphatic heterocycles. The van der Waals surface area contributed by atoms with Crippen LogP contribution in [0.25, 0.3) is 0 Å². The van der Waals surface area contributed by atoms with Crippen LogP contribution in [0.1, 0.15) is 48.5 Å². The van der Waals surface area contributed by atoms with Crippen molar-refractivity contribution in [2.45, 2.75) is 60.1 Å². The molecule has 104 valence electrons. The van der Waals surface area contributed by atoms with Gasteiger partial charge in [-0.25, -0.2) is 0 Å². The summed E-state index contributed by atoms with van der Waals surface area (Å²) in [5, 5.41) is 13.4. The lowest BCUT2D eigenvalue weighted by atomic mass is 9.84. The largest absolute Gasteiger partial charge is 0.389 e. The smallest absolute Gasteiger partial charge is 0.0718 e. The van der Waals surface area contributed by atoms with Crippen LogP contribution in [0.2, 0.25) is 0 Å². The molecule has 0 aromatic rings.